The molecule has 2 aromatic rings. The lowest BCUT2D eigenvalue weighted by atomic mass is 9.82. The number of hydrogen-bond donors (Lipinski definition) is 4. The number of ether oxygens (including phenoxy) is 1. The van der Waals surface area contributed by atoms with E-state index in [-0.39, 0.29) is 11.6 Å². The van der Waals surface area contributed by atoms with Crippen molar-refractivity contribution >= 4 is 17.0 Å². The van der Waals surface area contributed by atoms with Crippen molar-refractivity contribution in [2.45, 2.75) is 63.1 Å². The van der Waals surface area contributed by atoms with Gasteiger partial charge in [-0.15, -0.1) is 0 Å². The van der Waals surface area contributed by atoms with Gasteiger partial charge in [0.2, 0.25) is 5.82 Å². The molecule has 28 heavy (non-hydrogen) atoms. The zero-order valence-corrected chi connectivity index (χ0v) is 15.5. The molecule has 5 N–H and O–H groups in total. The van der Waals surface area contributed by atoms with Gasteiger partial charge in [0, 0.05) is 6.42 Å². The van der Waals surface area contributed by atoms with E-state index in [0.717, 1.165) is 18.8 Å². The molecule has 1 saturated carbocycles. The summed E-state index contributed by atoms with van der Waals surface area (Å²) in [7, 11) is 0. The van der Waals surface area contributed by atoms with Crippen LogP contribution in [-0.2, 0) is 4.74 Å². The van der Waals surface area contributed by atoms with Crippen LogP contribution in [0.1, 0.15) is 50.6 Å². The summed E-state index contributed by atoms with van der Waals surface area (Å²) in [4.78, 5) is 12.8. The van der Waals surface area contributed by atoms with Gasteiger partial charge >= 0.3 is 0 Å². The molecule has 0 radical (unpaired) electrons. The standard InChI is InChI=1S/C19H25N5O4/c20-17-14-18(23-13(22-17)8-3-1-2-5-11-6-4-7-11)24(10-21-14)19-16(27)15(26)12(9-25)28-19/h10-12,15-16,19,25-27H,1-2,4-7,9H2,(H2,20,22,23)/t12-,15-,16-,19-/m1/s1. The summed E-state index contributed by atoms with van der Waals surface area (Å²) in [5, 5.41) is 29.5. The van der Waals surface area contributed by atoms with Gasteiger partial charge in [0.25, 0.3) is 0 Å². The molecule has 4 rings (SSSR count). The Morgan fingerprint density at radius 2 is 2.07 bits per heavy atom. The van der Waals surface area contributed by atoms with Crippen molar-refractivity contribution in [3.05, 3.63) is 12.2 Å². The number of aliphatic hydroxyl groups is 3. The number of imidazole rings is 1. The van der Waals surface area contributed by atoms with Crippen LogP contribution in [0, 0.1) is 17.8 Å². The van der Waals surface area contributed by atoms with Crippen LogP contribution in [0.15, 0.2) is 6.33 Å². The van der Waals surface area contributed by atoms with Gasteiger partial charge in [-0.05, 0) is 24.7 Å². The van der Waals surface area contributed by atoms with Crippen molar-refractivity contribution in [2.75, 3.05) is 12.3 Å². The van der Waals surface area contributed by atoms with Crippen molar-refractivity contribution in [1.82, 2.24) is 19.5 Å². The monoisotopic (exact) mass is 387 g/mol. The number of aliphatic hydroxyl groups excluding tert-OH is 3. The minimum atomic E-state index is -1.23. The summed E-state index contributed by atoms with van der Waals surface area (Å²) in [6.07, 6.45) is 4.27. The Kier molecular flexibility index (Phi) is 5.46. The highest BCUT2D eigenvalue weighted by atomic mass is 16.6. The molecule has 9 heteroatoms. The van der Waals surface area contributed by atoms with E-state index in [0.29, 0.717) is 11.2 Å². The van der Waals surface area contributed by atoms with Gasteiger partial charge < -0.3 is 25.8 Å². The fraction of sp³-hybridized carbons (Fsp3) is 0.632. The molecular weight excluding hydrogens is 362 g/mol. The van der Waals surface area contributed by atoms with E-state index < -0.39 is 31.1 Å². The maximum atomic E-state index is 10.3. The second-order valence-electron chi connectivity index (χ2n) is 7.48. The molecule has 0 unspecified atom stereocenters. The minimum Gasteiger partial charge on any atom is -0.394 e. The Labute approximate surface area is 162 Å². The van der Waals surface area contributed by atoms with Crippen LogP contribution in [0.2, 0.25) is 0 Å². The molecule has 9 nitrogen and oxygen atoms in total. The first kappa shape index (κ1) is 19.1. The first-order valence-electron chi connectivity index (χ1n) is 9.70. The van der Waals surface area contributed by atoms with Crippen molar-refractivity contribution in [2.24, 2.45) is 5.92 Å². The molecule has 0 aromatic carbocycles. The SMILES string of the molecule is Nc1nc(C#CCCCC2CCC2)nc2c1ncn2[C@@H]1O[C@H](CO)[C@@H](O)[C@H]1O. The van der Waals surface area contributed by atoms with E-state index in [1.807, 2.05) is 0 Å². The predicted molar refractivity (Wildman–Crippen MR) is 101 cm³/mol. The second-order valence-corrected chi connectivity index (χ2v) is 7.48. The van der Waals surface area contributed by atoms with E-state index in [1.165, 1.54) is 36.6 Å². The van der Waals surface area contributed by atoms with Gasteiger partial charge in [0.15, 0.2) is 17.7 Å². The number of aromatic nitrogens is 4. The van der Waals surface area contributed by atoms with E-state index in [9.17, 15) is 15.3 Å². The average molecular weight is 387 g/mol. The van der Waals surface area contributed by atoms with Crippen molar-refractivity contribution in [1.29, 1.82) is 0 Å². The molecule has 4 atom stereocenters. The van der Waals surface area contributed by atoms with Crippen LogP contribution < -0.4 is 5.73 Å². The van der Waals surface area contributed by atoms with Gasteiger partial charge in [-0.25, -0.2) is 15.0 Å². The van der Waals surface area contributed by atoms with Crippen LogP contribution in [0.3, 0.4) is 0 Å². The molecule has 0 spiro atoms. The number of rotatable bonds is 5. The first-order chi connectivity index (χ1) is 13.6. The normalized spacial score (nSPS) is 27.5. The summed E-state index contributed by atoms with van der Waals surface area (Å²) in [5.74, 6) is 7.38. The van der Waals surface area contributed by atoms with Crippen LogP contribution >= 0.6 is 0 Å². The zero-order chi connectivity index (χ0) is 19.7. The minimum absolute atomic E-state index is 0.189. The van der Waals surface area contributed by atoms with Crippen LogP contribution in [0.25, 0.3) is 11.2 Å². The van der Waals surface area contributed by atoms with Crippen LogP contribution in [0.4, 0.5) is 5.82 Å². The maximum absolute atomic E-state index is 10.3. The Balaban J connectivity index is 1.53. The summed E-state index contributed by atoms with van der Waals surface area (Å²) in [6, 6.07) is 0. The van der Waals surface area contributed by atoms with Crippen LogP contribution in [0.5, 0.6) is 0 Å². The topological polar surface area (TPSA) is 140 Å². The van der Waals surface area contributed by atoms with Gasteiger partial charge in [-0.1, -0.05) is 25.2 Å². The van der Waals surface area contributed by atoms with Crippen molar-refractivity contribution < 1.29 is 20.1 Å². The molecule has 150 valence electrons. The molecule has 2 fully saturated rings. The second kappa shape index (κ2) is 8.01. The fourth-order valence-corrected chi connectivity index (χ4v) is 3.69. The largest absolute Gasteiger partial charge is 0.394 e. The number of fused-ring (bicyclic) bond motifs is 1. The highest BCUT2D eigenvalue weighted by Crippen LogP contribution is 2.32. The van der Waals surface area contributed by atoms with Gasteiger partial charge in [0.05, 0.1) is 12.9 Å². The molecular formula is C19H25N5O4. The number of nitrogen functional groups attached to an aromatic ring is 1. The number of unbranched alkanes of at least 4 members (excludes halogenated alkanes) is 1. The Morgan fingerprint density at radius 1 is 1.25 bits per heavy atom. The lowest BCUT2D eigenvalue weighted by Crippen LogP contribution is -2.33. The summed E-state index contributed by atoms with van der Waals surface area (Å²) in [6.45, 7) is -0.407. The summed E-state index contributed by atoms with van der Waals surface area (Å²) >= 11 is 0. The first-order valence-corrected chi connectivity index (χ1v) is 9.70. The van der Waals surface area contributed by atoms with E-state index in [4.69, 9.17) is 10.5 Å². The highest BCUT2D eigenvalue weighted by Gasteiger charge is 2.44. The average Bonchev–Trinajstić information content (AvgIpc) is 3.18. The smallest absolute Gasteiger partial charge is 0.208 e. The Morgan fingerprint density at radius 3 is 2.75 bits per heavy atom. The van der Waals surface area contributed by atoms with Gasteiger partial charge in [0.1, 0.15) is 23.8 Å². The quantitative estimate of drug-likeness (QED) is 0.425. The Hall–Kier alpha value is -2.25. The Bertz CT molecular complexity index is 901. The van der Waals surface area contributed by atoms with Crippen molar-refractivity contribution in [3.8, 4) is 11.8 Å². The lowest BCUT2D eigenvalue weighted by molar-refractivity contribution is -0.0511. The van der Waals surface area contributed by atoms with E-state index in [2.05, 4.69) is 26.8 Å². The lowest BCUT2D eigenvalue weighted by Gasteiger charge is -2.24. The third kappa shape index (κ3) is 3.56. The van der Waals surface area contributed by atoms with E-state index >= 15 is 0 Å². The molecule has 1 saturated heterocycles. The summed E-state index contributed by atoms with van der Waals surface area (Å²) < 4.78 is 7.04. The van der Waals surface area contributed by atoms with Gasteiger partial charge in [-0.3, -0.25) is 4.57 Å². The number of nitrogens with zero attached hydrogens (tertiary/aromatic N) is 4. The third-order valence-corrected chi connectivity index (χ3v) is 5.58. The molecule has 1 aliphatic carbocycles. The molecule has 0 bridgehead atoms. The highest BCUT2D eigenvalue weighted by molar-refractivity contribution is 5.82. The van der Waals surface area contributed by atoms with Crippen LogP contribution in [-0.4, -0.2) is 59.8 Å². The van der Waals surface area contributed by atoms with E-state index in [1.54, 1.807) is 0 Å². The number of nitrogens with two attached hydrogens (primary N) is 1. The summed E-state index contributed by atoms with van der Waals surface area (Å²) in [5.41, 5.74) is 6.72. The predicted octanol–water partition coefficient (Wildman–Crippen LogP) is 0.342. The molecule has 2 aliphatic rings. The zero-order valence-electron chi connectivity index (χ0n) is 15.5. The molecule has 0 amide bonds. The molecule has 1 aliphatic heterocycles. The number of anilines is 1. The third-order valence-electron chi connectivity index (χ3n) is 5.58. The fourth-order valence-electron chi connectivity index (χ4n) is 3.69. The van der Waals surface area contributed by atoms with Gasteiger partial charge in [-0.2, -0.15) is 0 Å². The number of hydrogen-bond acceptors (Lipinski definition) is 8. The molecule has 2 aromatic heterocycles. The van der Waals surface area contributed by atoms with Crippen molar-refractivity contribution in [3.63, 3.8) is 0 Å². The maximum Gasteiger partial charge on any atom is 0.208 e. The molecule has 3 heterocycles.